The van der Waals surface area contributed by atoms with E-state index < -0.39 is 0 Å². The number of hydrogen-bond acceptors (Lipinski definition) is 3. The van der Waals surface area contributed by atoms with Gasteiger partial charge in [-0.25, -0.2) is 0 Å². The van der Waals surface area contributed by atoms with E-state index in [0.29, 0.717) is 25.8 Å². The summed E-state index contributed by atoms with van der Waals surface area (Å²) in [6.45, 7) is 11.8. The lowest BCUT2D eigenvalue weighted by molar-refractivity contribution is -0.131. The van der Waals surface area contributed by atoms with Crippen molar-refractivity contribution in [2.75, 3.05) is 19.6 Å². The van der Waals surface area contributed by atoms with Gasteiger partial charge in [0, 0.05) is 32.5 Å². The van der Waals surface area contributed by atoms with Crippen molar-refractivity contribution in [1.29, 1.82) is 0 Å². The number of carbonyl (C=O) groups is 2. The lowest BCUT2D eigenvalue weighted by Crippen LogP contribution is -2.55. The fourth-order valence-electron chi connectivity index (χ4n) is 1.95. The van der Waals surface area contributed by atoms with Gasteiger partial charge in [-0.3, -0.25) is 9.59 Å². The molecule has 0 rings (SSSR count). The molecule has 0 bridgehead atoms. The van der Waals surface area contributed by atoms with E-state index in [1.165, 1.54) is 0 Å². The SMILES string of the molecule is CCN(CC)C(=O)CCCC(=O)NC(C)(CN)C(C)C.Cl. The Bertz CT molecular complexity index is 320. The third kappa shape index (κ3) is 7.67. The van der Waals surface area contributed by atoms with Crippen LogP contribution in [-0.2, 0) is 9.59 Å². The number of hydrogen-bond donors (Lipinski definition) is 2. The zero-order chi connectivity index (χ0) is 15.8. The number of rotatable bonds is 9. The van der Waals surface area contributed by atoms with E-state index in [4.69, 9.17) is 5.73 Å². The molecule has 0 radical (unpaired) electrons. The predicted octanol–water partition coefficient (Wildman–Crippen LogP) is 1.94. The molecule has 1 unspecified atom stereocenters. The van der Waals surface area contributed by atoms with Gasteiger partial charge in [-0.2, -0.15) is 0 Å². The Morgan fingerprint density at radius 1 is 1.19 bits per heavy atom. The molecule has 1 atom stereocenters. The van der Waals surface area contributed by atoms with Crippen molar-refractivity contribution in [2.45, 2.75) is 59.4 Å². The van der Waals surface area contributed by atoms with Crippen LogP contribution in [0.25, 0.3) is 0 Å². The van der Waals surface area contributed by atoms with Crippen LogP contribution in [0.3, 0.4) is 0 Å². The maximum Gasteiger partial charge on any atom is 0.222 e. The van der Waals surface area contributed by atoms with Crippen LogP contribution in [0.2, 0.25) is 0 Å². The van der Waals surface area contributed by atoms with Crippen molar-refractivity contribution >= 4 is 24.2 Å². The number of nitrogens with two attached hydrogens (primary N) is 1. The lowest BCUT2D eigenvalue weighted by atomic mass is 9.88. The fraction of sp³-hybridized carbons (Fsp3) is 0.867. The highest BCUT2D eigenvalue weighted by Gasteiger charge is 2.28. The molecule has 0 heterocycles. The average Bonchev–Trinajstić information content (AvgIpc) is 2.39. The Morgan fingerprint density at radius 3 is 2.10 bits per heavy atom. The van der Waals surface area contributed by atoms with Gasteiger partial charge in [0.05, 0.1) is 5.54 Å². The molecule has 6 heteroatoms. The van der Waals surface area contributed by atoms with Crippen molar-refractivity contribution in [3.8, 4) is 0 Å². The molecule has 3 N–H and O–H groups in total. The van der Waals surface area contributed by atoms with E-state index in [0.717, 1.165) is 13.1 Å². The number of carbonyl (C=O) groups excluding carboxylic acids is 2. The lowest BCUT2D eigenvalue weighted by Gasteiger charge is -2.33. The number of nitrogens with one attached hydrogen (secondary N) is 1. The standard InChI is InChI=1S/C15H31N3O2.ClH/c1-6-18(7-2)14(20)10-8-9-13(19)17-15(5,11-16)12(3)4;/h12H,6-11,16H2,1-5H3,(H,17,19);1H. The minimum atomic E-state index is -0.375. The summed E-state index contributed by atoms with van der Waals surface area (Å²) < 4.78 is 0. The molecular weight excluding hydrogens is 290 g/mol. The number of amides is 2. The van der Waals surface area contributed by atoms with Crippen LogP contribution in [-0.4, -0.2) is 41.9 Å². The molecule has 0 fully saturated rings. The smallest absolute Gasteiger partial charge is 0.222 e. The molecule has 0 saturated heterocycles. The molecule has 0 aromatic rings. The van der Waals surface area contributed by atoms with Gasteiger partial charge in [0.15, 0.2) is 0 Å². The summed E-state index contributed by atoms with van der Waals surface area (Å²) in [6.07, 6.45) is 1.38. The van der Waals surface area contributed by atoms with Crippen molar-refractivity contribution < 1.29 is 9.59 Å². The summed E-state index contributed by atoms with van der Waals surface area (Å²) in [6, 6.07) is 0. The second-order valence-electron chi connectivity index (χ2n) is 5.74. The summed E-state index contributed by atoms with van der Waals surface area (Å²) in [5.41, 5.74) is 5.36. The second kappa shape index (κ2) is 10.9. The van der Waals surface area contributed by atoms with E-state index in [2.05, 4.69) is 5.32 Å². The molecule has 0 saturated carbocycles. The van der Waals surface area contributed by atoms with Crippen molar-refractivity contribution in [2.24, 2.45) is 11.7 Å². The molecule has 2 amide bonds. The van der Waals surface area contributed by atoms with Crippen LogP contribution in [0, 0.1) is 5.92 Å². The Labute approximate surface area is 135 Å². The molecule has 0 spiro atoms. The normalized spacial score (nSPS) is 13.3. The third-order valence-corrected chi connectivity index (χ3v) is 4.03. The zero-order valence-corrected chi connectivity index (χ0v) is 14.9. The number of halogens is 1. The van der Waals surface area contributed by atoms with Gasteiger partial charge >= 0.3 is 0 Å². The molecule has 0 aliphatic rings. The highest BCUT2D eigenvalue weighted by atomic mass is 35.5. The van der Waals surface area contributed by atoms with Gasteiger partial charge in [0.1, 0.15) is 0 Å². The Balaban J connectivity index is 0. The van der Waals surface area contributed by atoms with Gasteiger partial charge in [-0.1, -0.05) is 13.8 Å². The zero-order valence-electron chi connectivity index (χ0n) is 14.1. The summed E-state index contributed by atoms with van der Waals surface area (Å²) >= 11 is 0. The summed E-state index contributed by atoms with van der Waals surface area (Å²) in [5, 5.41) is 2.98. The molecule has 0 aliphatic heterocycles. The quantitative estimate of drug-likeness (QED) is 0.681. The van der Waals surface area contributed by atoms with Crippen LogP contribution < -0.4 is 11.1 Å². The molecule has 0 aromatic heterocycles. The molecule has 21 heavy (non-hydrogen) atoms. The third-order valence-electron chi connectivity index (χ3n) is 4.03. The summed E-state index contributed by atoms with van der Waals surface area (Å²) in [5.74, 6) is 0.362. The Hall–Kier alpha value is -0.810. The van der Waals surface area contributed by atoms with E-state index in [-0.39, 0.29) is 35.7 Å². The molecule has 126 valence electrons. The van der Waals surface area contributed by atoms with E-state index >= 15 is 0 Å². The first-order chi connectivity index (χ1) is 9.30. The highest BCUT2D eigenvalue weighted by molar-refractivity contribution is 5.85. The first-order valence-corrected chi connectivity index (χ1v) is 7.59. The van der Waals surface area contributed by atoms with Crippen LogP contribution in [0.1, 0.15) is 53.9 Å². The van der Waals surface area contributed by atoms with E-state index in [1.807, 2.05) is 34.6 Å². The minimum absolute atomic E-state index is 0. The molecule has 0 aliphatic carbocycles. The average molecular weight is 322 g/mol. The van der Waals surface area contributed by atoms with Gasteiger partial charge in [-0.05, 0) is 33.1 Å². The van der Waals surface area contributed by atoms with Crippen molar-refractivity contribution in [1.82, 2.24) is 10.2 Å². The molecule has 0 aromatic carbocycles. The topological polar surface area (TPSA) is 75.4 Å². The monoisotopic (exact) mass is 321 g/mol. The highest BCUT2D eigenvalue weighted by Crippen LogP contribution is 2.15. The summed E-state index contributed by atoms with van der Waals surface area (Å²) in [4.78, 5) is 25.5. The van der Waals surface area contributed by atoms with Crippen molar-refractivity contribution in [3.63, 3.8) is 0 Å². The summed E-state index contributed by atoms with van der Waals surface area (Å²) in [7, 11) is 0. The first kappa shape index (κ1) is 22.5. The largest absolute Gasteiger partial charge is 0.349 e. The molecular formula is C15H32ClN3O2. The van der Waals surface area contributed by atoms with Gasteiger partial charge < -0.3 is 16.0 Å². The Morgan fingerprint density at radius 2 is 1.71 bits per heavy atom. The van der Waals surface area contributed by atoms with Crippen LogP contribution >= 0.6 is 12.4 Å². The Kier molecular flexibility index (Phi) is 11.6. The van der Waals surface area contributed by atoms with Crippen LogP contribution in [0.4, 0.5) is 0 Å². The van der Waals surface area contributed by atoms with Gasteiger partial charge in [0.2, 0.25) is 11.8 Å². The maximum absolute atomic E-state index is 11.9. The van der Waals surface area contributed by atoms with E-state index in [1.54, 1.807) is 4.90 Å². The van der Waals surface area contributed by atoms with Gasteiger partial charge in [-0.15, -0.1) is 12.4 Å². The number of nitrogens with zero attached hydrogens (tertiary/aromatic N) is 1. The van der Waals surface area contributed by atoms with Crippen LogP contribution in [0.15, 0.2) is 0 Å². The van der Waals surface area contributed by atoms with Gasteiger partial charge in [0.25, 0.3) is 0 Å². The van der Waals surface area contributed by atoms with Crippen molar-refractivity contribution in [3.05, 3.63) is 0 Å². The molecule has 5 nitrogen and oxygen atoms in total. The maximum atomic E-state index is 11.9. The minimum Gasteiger partial charge on any atom is -0.349 e. The fourth-order valence-corrected chi connectivity index (χ4v) is 1.95. The van der Waals surface area contributed by atoms with E-state index in [9.17, 15) is 9.59 Å². The predicted molar refractivity (Wildman–Crippen MR) is 89.5 cm³/mol. The second-order valence-corrected chi connectivity index (χ2v) is 5.74. The van der Waals surface area contributed by atoms with Crippen LogP contribution in [0.5, 0.6) is 0 Å². The first-order valence-electron chi connectivity index (χ1n) is 7.59.